The van der Waals surface area contributed by atoms with Gasteiger partial charge in [0.15, 0.2) is 6.04 Å². The van der Waals surface area contributed by atoms with Crippen molar-refractivity contribution >= 4 is 11.9 Å². The maximum Gasteiger partial charge on any atom is 0.330 e. The Morgan fingerprint density at radius 1 is 1.20 bits per heavy atom. The summed E-state index contributed by atoms with van der Waals surface area (Å²) in [5, 5.41) is 11.5. The third kappa shape index (κ3) is 3.39. The van der Waals surface area contributed by atoms with E-state index in [2.05, 4.69) is 10.1 Å². The van der Waals surface area contributed by atoms with Gasteiger partial charge in [0.25, 0.3) is 5.91 Å². The van der Waals surface area contributed by atoms with Crippen molar-refractivity contribution in [1.29, 1.82) is 0 Å². The molecule has 1 atom stereocenters. The summed E-state index contributed by atoms with van der Waals surface area (Å²) in [4.78, 5) is 23.6. The Bertz CT molecular complexity index is 465. The molecule has 7 heteroatoms. The van der Waals surface area contributed by atoms with Gasteiger partial charge in [0, 0.05) is 0 Å². The molecule has 0 bridgehead atoms. The standard InChI is InChI=1S/C13H17NO6/c1-18-9-5-4-6-10(19-2)11(9)12(16)14-8(7-15)13(17)20-3/h4-6,8,15H,7H2,1-3H3,(H,14,16). The van der Waals surface area contributed by atoms with Gasteiger partial charge in [-0.25, -0.2) is 4.79 Å². The first-order valence-corrected chi connectivity index (χ1v) is 5.79. The quantitative estimate of drug-likeness (QED) is 0.712. The van der Waals surface area contributed by atoms with Crippen LogP contribution in [0.2, 0.25) is 0 Å². The van der Waals surface area contributed by atoms with E-state index in [-0.39, 0.29) is 5.56 Å². The van der Waals surface area contributed by atoms with E-state index in [9.17, 15) is 9.59 Å². The molecule has 0 radical (unpaired) electrons. The molecule has 0 saturated carbocycles. The molecule has 1 unspecified atom stereocenters. The lowest BCUT2D eigenvalue weighted by atomic mass is 10.1. The summed E-state index contributed by atoms with van der Waals surface area (Å²) in [6.07, 6.45) is 0. The average Bonchev–Trinajstić information content (AvgIpc) is 2.50. The number of amides is 1. The molecular weight excluding hydrogens is 266 g/mol. The third-order valence-electron chi connectivity index (χ3n) is 2.63. The molecule has 1 amide bonds. The number of nitrogens with one attached hydrogen (secondary N) is 1. The second kappa shape index (κ2) is 7.34. The van der Waals surface area contributed by atoms with Gasteiger partial charge in [0.05, 0.1) is 27.9 Å². The Balaban J connectivity index is 3.05. The molecule has 1 aromatic carbocycles. The summed E-state index contributed by atoms with van der Waals surface area (Å²) in [5.41, 5.74) is 0.139. The predicted molar refractivity (Wildman–Crippen MR) is 69.9 cm³/mol. The Morgan fingerprint density at radius 2 is 1.75 bits per heavy atom. The number of carbonyl (C=O) groups excluding carboxylic acids is 2. The fourth-order valence-electron chi connectivity index (χ4n) is 1.63. The van der Waals surface area contributed by atoms with Crippen molar-refractivity contribution in [3.63, 3.8) is 0 Å². The van der Waals surface area contributed by atoms with Crippen LogP contribution >= 0.6 is 0 Å². The van der Waals surface area contributed by atoms with Gasteiger partial charge in [-0.2, -0.15) is 0 Å². The molecule has 0 spiro atoms. The van der Waals surface area contributed by atoms with E-state index in [1.807, 2.05) is 0 Å². The lowest BCUT2D eigenvalue weighted by Gasteiger charge is -2.16. The zero-order valence-electron chi connectivity index (χ0n) is 11.5. The number of esters is 1. The van der Waals surface area contributed by atoms with E-state index in [1.165, 1.54) is 21.3 Å². The van der Waals surface area contributed by atoms with Gasteiger partial charge in [-0.05, 0) is 12.1 Å². The van der Waals surface area contributed by atoms with Crippen molar-refractivity contribution in [2.75, 3.05) is 27.9 Å². The summed E-state index contributed by atoms with van der Waals surface area (Å²) in [5.74, 6) is -0.759. The van der Waals surface area contributed by atoms with E-state index in [4.69, 9.17) is 14.6 Å². The first-order valence-electron chi connectivity index (χ1n) is 5.79. The van der Waals surface area contributed by atoms with Crippen LogP contribution in [0.1, 0.15) is 10.4 Å². The highest BCUT2D eigenvalue weighted by Gasteiger charge is 2.25. The van der Waals surface area contributed by atoms with E-state index in [0.29, 0.717) is 11.5 Å². The molecule has 0 heterocycles. The van der Waals surface area contributed by atoms with E-state index in [1.54, 1.807) is 18.2 Å². The smallest absolute Gasteiger partial charge is 0.330 e. The maximum absolute atomic E-state index is 12.2. The Hall–Kier alpha value is -2.28. The molecule has 7 nitrogen and oxygen atoms in total. The molecule has 20 heavy (non-hydrogen) atoms. The van der Waals surface area contributed by atoms with Crippen LogP contribution in [0.4, 0.5) is 0 Å². The predicted octanol–water partition coefficient (Wildman–Crippen LogP) is -0.0325. The van der Waals surface area contributed by atoms with Crippen LogP contribution in [0.15, 0.2) is 18.2 Å². The summed E-state index contributed by atoms with van der Waals surface area (Å²) in [6, 6.07) is 3.69. The molecule has 0 saturated heterocycles. The van der Waals surface area contributed by atoms with Gasteiger partial charge in [-0.3, -0.25) is 4.79 Å². The first kappa shape index (κ1) is 15.8. The topological polar surface area (TPSA) is 94.1 Å². The van der Waals surface area contributed by atoms with Crippen LogP contribution in [-0.2, 0) is 9.53 Å². The van der Waals surface area contributed by atoms with Crippen LogP contribution in [0.25, 0.3) is 0 Å². The highest BCUT2D eigenvalue weighted by molar-refractivity contribution is 6.01. The van der Waals surface area contributed by atoms with E-state index < -0.39 is 24.5 Å². The molecule has 0 aromatic heterocycles. The second-order valence-electron chi connectivity index (χ2n) is 3.77. The second-order valence-corrected chi connectivity index (χ2v) is 3.77. The van der Waals surface area contributed by atoms with Gasteiger partial charge in [0.2, 0.25) is 0 Å². The monoisotopic (exact) mass is 283 g/mol. The Kier molecular flexibility index (Phi) is 5.79. The zero-order chi connectivity index (χ0) is 15.1. The fourth-order valence-corrected chi connectivity index (χ4v) is 1.63. The fraction of sp³-hybridized carbons (Fsp3) is 0.385. The summed E-state index contributed by atoms with van der Waals surface area (Å²) in [7, 11) is 3.99. The molecule has 0 fully saturated rings. The number of hydrogen-bond acceptors (Lipinski definition) is 6. The molecule has 1 aromatic rings. The summed E-state index contributed by atoms with van der Waals surface area (Å²) < 4.78 is 14.7. The van der Waals surface area contributed by atoms with Crippen LogP contribution in [0.5, 0.6) is 11.5 Å². The number of carbonyl (C=O) groups is 2. The number of benzene rings is 1. The molecule has 1 rings (SSSR count). The maximum atomic E-state index is 12.2. The van der Waals surface area contributed by atoms with Crippen molar-refractivity contribution in [3.8, 4) is 11.5 Å². The van der Waals surface area contributed by atoms with E-state index in [0.717, 1.165) is 0 Å². The number of aliphatic hydroxyl groups excluding tert-OH is 1. The Morgan fingerprint density at radius 3 is 2.15 bits per heavy atom. The lowest BCUT2D eigenvalue weighted by Crippen LogP contribution is -2.44. The highest BCUT2D eigenvalue weighted by Crippen LogP contribution is 2.28. The molecule has 0 aliphatic carbocycles. The molecule has 110 valence electrons. The minimum absolute atomic E-state index is 0.139. The minimum Gasteiger partial charge on any atom is -0.496 e. The summed E-state index contributed by atoms with van der Waals surface area (Å²) >= 11 is 0. The third-order valence-corrected chi connectivity index (χ3v) is 2.63. The molecule has 0 aliphatic heterocycles. The first-order chi connectivity index (χ1) is 9.58. The van der Waals surface area contributed by atoms with Crippen molar-refractivity contribution in [3.05, 3.63) is 23.8 Å². The number of methoxy groups -OCH3 is 3. The van der Waals surface area contributed by atoms with E-state index >= 15 is 0 Å². The molecule has 0 aliphatic rings. The van der Waals surface area contributed by atoms with Crippen LogP contribution in [-0.4, -0.2) is 51.0 Å². The zero-order valence-corrected chi connectivity index (χ0v) is 11.5. The number of hydrogen-bond donors (Lipinski definition) is 2. The van der Waals surface area contributed by atoms with Gasteiger partial charge < -0.3 is 24.6 Å². The van der Waals surface area contributed by atoms with Gasteiger partial charge >= 0.3 is 5.97 Å². The van der Waals surface area contributed by atoms with Crippen molar-refractivity contribution in [2.45, 2.75) is 6.04 Å². The summed E-state index contributed by atoms with van der Waals surface area (Å²) in [6.45, 7) is -0.574. The number of aliphatic hydroxyl groups is 1. The van der Waals surface area contributed by atoms with Gasteiger partial charge in [-0.15, -0.1) is 0 Å². The van der Waals surface area contributed by atoms with Crippen molar-refractivity contribution < 1.29 is 28.9 Å². The minimum atomic E-state index is -1.15. The highest BCUT2D eigenvalue weighted by atomic mass is 16.5. The molecular formula is C13H17NO6. The van der Waals surface area contributed by atoms with Crippen molar-refractivity contribution in [1.82, 2.24) is 5.32 Å². The largest absolute Gasteiger partial charge is 0.496 e. The van der Waals surface area contributed by atoms with Crippen LogP contribution < -0.4 is 14.8 Å². The normalized spacial score (nSPS) is 11.4. The SMILES string of the molecule is COC(=O)C(CO)NC(=O)c1c(OC)cccc1OC. The van der Waals surface area contributed by atoms with Crippen molar-refractivity contribution in [2.24, 2.45) is 0 Å². The number of ether oxygens (including phenoxy) is 3. The Labute approximate surface area is 116 Å². The van der Waals surface area contributed by atoms with Gasteiger partial charge in [0.1, 0.15) is 17.1 Å². The van der Waals surface area contributed by atoms with Gasteiger partial charge in [-0.1, -0.05) is 6.07 Å². The number of rotatable bonds is 6. The van der Waals surface area contributed by atoms with Crippen LogP contribution in [0, 0.1) is 0 Å². The van der Waals surface area contributed by atoms with Crippen LogP contribution in [0.3, 0.4) is 0 Å². The molecule has 2 N–H and O–H groups in total. The lowest BCUT2D eigenvalue weighted by molar-refractivity contribution is -0.143. The average molecular weight is 283 g/mol.